The van der Waals surface area contributed by atoms with Gasteiger partial charge in [-0.25, -0.2) is 0 Å². The third kappa shape index (κ3) is 5.44. The molecule has 4 rings (SSSR count). The first-order valence-electron chi connectivity index (χ1n) is 12.0. The van der Waals surface area contributed by atoms with Crippen LogP contribution in [0, 0.1) is 5.92 Å². The van der Waals surface area contributed by atoms with Gasteiger partial charge in [0.25, 0.3) is 5.91 Å². The lowest BCUT2D eigenvalue weighted by Gasteiger charge is -2.22. The molecule has 1 unspecified atom stereocenters. The van der Waals surface area contributed by atoms with Crippen molar-refractivity contribution >= 4 is 29.1 Å². The fourth-order valence-electron chi connectivity index (χ4n) is 4.94. The SMILES string of the molecule is CC(=O)N(C)C1CCN(c2ccc(NC(=O)c3ccc(CC4CCCCC4)cc3)cc2)C1=O. The van der Waals surface area contributed by atoms with Crippen LogP contribution in [0.25, 0.3) is 0 Å². The van der Waals surface area contributed by atoms with Gasteiger partial charge in [0, 0.05) is 37.5 Å². The van der Waals surface area contributed by atoms with Crippen molar-refractivity contribution in [2.75, 3.05) is 23.8 Å². The Labute approximate surface area is 196 Å². The van der Waals surface area contributed by atoms with Crippen molar-refractivity contribution in [1.29, 1.82) is 0 Å². The van der Waals surface area contributed by atoms with Gasteiger partial charge >= 0.3 is 0 Å². The van der Waals surface area contributed by atoms with E-state index in [1.54, 1.807) is 24.1 Å². The normalized spacial score (nSPS) is 18.9. The number of hydrogen-bond acceptors (Lipinski definition) is 3. The lowest BCUT2D eigenvalue weighted by atomic mass is 9.85. The van der Waals surface area contributed by atoms with Gasteiger partial charge < -0.3 is 15.1 Å². The lowest BCUT2D eigenvalue weighted by molar-refractivity contribution is -0.134. The fraction of sp³-hybridized carbons (Fsp3) is 0.444. The predicted molar refractivity (Wildman–Crippen MR) is 130 cm³/mol. The third-order valence-corrected chi connectivity index (χ3v) is 7.04. The molecule has 3 amide bonds. The Morgan fingerprint density at radius 2 is 1.64 bits per heavy atom. The van der Waals surface area contributed by atoms with Crippen molar-refractivity contribution in [3.8, 4) is 0 Å². The molecule has 1 saturated heterocycles. The van der Waals surface area contributed by atoms with E-state index in [0.717, 1.165) is 18.0 Å². The summed E-state index contributed by atoms with van der Waals surface area (Å²) >= 11 is 0. The summed E-state index contributed by atoms with van der Waals surface area (Å²) in [5.41, 5.74) is 3.38. The molecule has 0 spiro atoms. The molecule has 6 nitrogen and oxygen atoms in total. The zero-order chi connectivity index (χ0) is 23.4. The van der Waals surface area contributed by atoms with E-state index in [4.69, 9.17) is 0 Å². The number of benzene rings is 2. The summed E-state index contributed by atoms with van der Waals surface area (Å²) in [6.07, 6.45) is 8.39. The average Bonchev–Trinajstić information content (AvgIpc) is 3.21. The third-order valence-electron chi connectivity index (χ3n) is 7.04. The number of rotatable bonds is 6. The summed E-state index contributed by atoms with van der Waals surface area (Å²) < 4.78 is 0. The second-order valence-corrected chi connectivity index (χ2v) is 9.33. The molecule has 0 radical (unpaired) electrons. The number of amides is 3. The summed E-state index contributed by atoms with van der Waals surface area (Å²) in [5, 5.41) is 2.93. The first kappa shape index (κ1) is 23.0. The van der Waals surface area contributed by atoms with E-state index in [0.29, 0.717) is 24.2 Å². The number of nitrogens with one attached hydrogen (secondary N) is 1. The number of carbonyl (C=O) groups excluding carboxylic acids is 3. The Balaban J connectivity index is 1.33. The summed E-state index contributed by atoms with van der Waals surface area (Å²) in [6.45, 7) is 2.04. The van der Waals surface area contributed by atoms with Gasteiger partial charge in [-0.05, 0) is 60.7 Å². The van der Waals surface area contributed by atoms with E-state index < -0.39 is 6.04 Å². The van der Waals surface area contributed by atoms with Crippen LogP contribution in [0.2, 0.25) is 0 Å². The Morgan fingerprint density at radius 3 is 2.27 bits per heavy atom. The maximum Gasteiger partial charge on any atom is 0.255 e. The highest BCUT2D eigenvalue weighted by atomic mass is 16.2. The molecule has 0 bridgehead atoms. The standard InChI is InChI=1S/C27H33N3O3/c1-19(31)29(2)25-16-17-30(27(25)33)24-14-12-23(13-15-24)28-26(32)22-10-8-21(9-11-22)18-20-6-4-3-5-7-20/h8-15,20,25H,3-7,16-18H2,1-2H3,(H,28,32). The highest BCUT2D eigenvalue weighted by molar-refractivity contribution is 6.05. The summed E-state index contributed by atoms with van der Waals surface area (Å²) in [7, 11) is 1.66. The predicted octanol–water partition coefficient (Wildman–Crippen LogP) is 4.65. The molecule has 0 aromatic heterocycles. The molecule has 174 valence electrons. The molecule has 33 heavy (non-hydrogen) atoms. The van der Waals surface area contributed by atoms with Crippen LogP contribution in [0.4, 0.5) is 11.4 Å². The highest BCUT2D eigenvalue weighted by Gasteiger charge is 2.36. The number of carbonyl (C=O) groups is 3. The van der Waals surface area contributed by atoms with Gasteiger partial charge in [-0.1, -0.05) is 44.2 Å². The van der Waals surface area contributed by atoms with Gasteiger partial charge in [0.15, 0.2) is 0 Å². The van der Waals surface area contributed by atoms with Crippen molar-refractivity contribution in [2.45, 2.75) is 57.9 Å². The minimum atomic E-state index is -0.414. The van der Waals surface area contributed by atoms with E-state index in [-0.39, 0.29) is 17.7 Å². The second-order valence-electron chi connectivity index (χ2n) is 9.33. The molecule has 1 aliphatic heterocycles. The van der Waals surface area contributed by atoms with Crippen LogP contribution >= 0.6 is 0 Å². The number of likely N-dealkylation sites (N-methyl/N-ethyl adjacent to an activating group) is 1. The van der Waals surface area contributed by atoms with E-state index in [9.17, 15) is 14.4 Å². The molecule has 1 saturated carbocycles. The molecule has 1 heterocycles. The maximum absolute atomic E-state index is 12.7. The molecule has 1 N–H and O–H groups in total. The molecule has 2 aromatic carbocycles. The van der Waals surface area contributed by atoms with E-state index in [1.807, 2.05) is 24.3 Å². The zero-order valence-electron chi connectivity index (χ0n) is 19.5. The van der Waals surface area contributed by atoms with Crippen molar-refractivity contribution in [1.82, 2.24) is 4.90 Å². The van der Waals surface area contributed by atoms with Crippen LogP contribution in [-0.4, -0.2) is 42.3 Å². The Morgan fingerprint density at radius 1 is 0.970 bits per heavy atom. The van der Waals surface area contributed by atoms with Gasteiger partial charge in [0.05, 0.1) is 0 Å². The van der Waals surface area contributed by atoms with Gasteiger partial charge in [0.1, 0.15) is 6.04 Å². The highest BCUT2D eigenvalue weighted by Crippen LogP contribution is 2.28. The summed E-state index contributed by atoms with van der Waals surface area (Å²) in [6, 6.07) is 14.8. The zero-order valence-corrected chi connectivity index (χ0v) is 19.5. The summed E-state index contributed by atoms with van der Waals surface area (Å²) in [5.74, 6) is 0.443. The van der Waals surface area contributed by atoms with Crippen molar-refractivity contribution in [3.05, 3.63) is 59.7 Å². The van der Waals surface area contributed by atoms with Crippen LogP contribution < -0.4 is 10.2 Å². The fourth-order valence-corrected chi connectivity index (χ4v) is 4.94. The van der Waals surface area contributed by atoms with Gasteiger partial charge in [0.2, 0.25) is 11.8 Å². The van der Waals surface area contributed by atoms with Gasteiger partial charge in [-0.2, -0.15) is 0 Å². The van der Waals surface area contributed by atoms with Gasteiger partial charge in [-0.15, -0.1) is 0 Å². The van der Waals surface area contributed by atoms with Crippen LogP contribution in [0.3, 0.4) is 0 Å². The second kappa shape index (κ2) is 10.2. The largest absolute Gasteiger partial charge is 0.334 e. The van der Waals surface area contributed by atoms with Crippen LogP contribution in [-0.2, 0) is 16.0 Å². The number of hydrogen-bond donors (Lipinski definition) is 1. The Hall–Kier alpha value is -3.15. The molecule has 2 aromatic rings. The van der Waals surface area contributed by atoms with Gasteiger partial charge in [-0.3, -0.25) is 14.4 Å². The van der Waals surface area contributed by atoms with Crippen LogP contribution in [0.5, 0.6) is 0 Å². The van der Waals surface area contributed by atoms with E-state index >= 15 is 0 Å². The van der Waals surface area contributed by atoms with Crippen molar-refractivity contribution in [2.24, 2.45) is 5.92 Å². The lowest BCUT2D eigenvalue weighted by Crippen LogP contribution is -2.41. The topological polar surface area (TPSA) is 69.7 Å². The smallest absolute Gasteiger partial charge is 0.255 e. The first-order valence-corrected chi connectivity index (χ1v) is 12.0. The average molecular weight is 448 g/mol. The molecule has 6 heteroatoms. The quantitative estimate of drug-likeness (QED) is 0.701. The van der Waals surface area contributed by atoms with E-state index in [2.05, 4.69) is 17.4 Å². The van der Waals surface area contributed by atoms with Crippen LogP contribution in [0.15, 0.2) is 48.5 Å². The Bertz CT molecular complexity index is 994. The first-order chi connectivity index (χ1) is 15.9. The molecule has 1 aliphatic carbocycles. The van der Waals surface area contributed by atoms with E-state index in [1.165, 1.54) is 49.5 Å². The van der Waals surface area contributed by atoms with Crippen LogP contribution in [0.1, 0.15) is 61.4 Å². The molecular formula is C27H33N3O3. The minimum Gasteiger partial charge on any atom is -0.334 e. The number of anilines is 2. The Kier molecular flexibility index (Phi) is 7.11. The van der Waals surface area contributed by atoms with Crippen molar-refractivity contribution < 1.29 is 14.4 Å². The monoisotopic (exact) mass is 447 g/mol. The molecule has 1 atom stereocenters. The maximum atomic E-state index is 12.7. The molecule has 2 aliphatic rings. The molecular weight excluding hydrogens is 414 g/mol. The molecule has 2 fully saturated rings. The van der Waals surface area contributed by atoms with Crippen molar-refractivity contribution in [3.63, 3.8) is 0 Å². The summed E-state index contributed by atoms with van der Waals surface area (Å²) in [4.78, 5) is 40.2. The minimum absolute atomic E-state index is 0.0715. The number of nitrogens with zero attached hydrogens (tertiary/aromatic N) is 2.